The smallest absolute Gasteiger partial charge is 0.250 e. The van der Waals surface area contributed by atoms with Gasteiger partial charge in [0.25, 0.3) is 0 Å². The van der Waals surface area contributed by atoms with E-state index in [1.54, 1.807) is 10.9 Å². The number of halogens is 1. The van der Waals surface area contributed by atoms with Gasteiger partial charge in [0.15, 0.2) is 5.82 Å². The predicted molar refractivity (Wildman–Crippen MR) is 131 cm³/mol. The first-order valence-corrected chi connectivity index (χ1v) is 12.7. The maximum atomic E-state index is 14.4. The Hall–Kier alpha value is -2.78. The fraction of sp³-hybridized carbons (Fsp3) is 0.577. The van der Waals surface area contributed by atoms with Crippen LogP contribution in [0, 0.1) is 11.7 Å². The number of fused-ring (bicyclic) bond motifs is 1. The van der Waals surface area contributed by atoms with E-state index in [4.69, 9.17) is 14.6 Å². The Kier molecular flexibility index (Phi) is 7.15. The van der Waals surface area contributed by atoms with E-state index in [0.29, 0.717) is 37.3 Å². The molecule has 9 heteroatoms. The Morgan fingerprint density at radius 3 is 2.74 bits per heavy atom. The van der Waals surface area contributed by atoms with Crippen LogP contribution in [0.1, 0.15) is 44.4 Å². The molecule has 2 aliphatic rings. The molecule has 1 unspecified atom stereocenters. The highest BCUT2D eigenvalue weighted by molar-refractivity contribution is 5.64. The molecule has 8 nitrogen and oxygen atoms in total. The quantitative estimate of drug-likeness (QED) is 0.509. The zero-order valence-electron chi connectivity index (χ0n) is 20.9. The first kappa shape index (κ1) is 23.9. The van der Waals surface area contributed by atoms with Crippen molar-refractivity contribution >= 4 is 0 Å². The summed E-state index contributed by atoms with van der Waals surface area (Å²) in [6.45, 7) is 9.09. The van der Waals surface area contributed by atoms with Gasteiger partial charge in [-0.3, -0.25) is 4.68 Å². The first-order chi connectivity index (χ1) is 17.1. The number of hydrogen-bond acceptors (Lipinski definition) is 6. The van der Waals surface area contributed by atoms with E-state index >= 15 is 0 Å². The summed E-state index contributed by atoms with van der Waals surface area (Å²) in [4.78, 5) is 6.71. The molecule has 35 heavy (non-hydrogen) atoms. The number of nitrogens with zero attached hydrogens (tertiary/aromatic N) is 6. The summed E-state index contributed by atoms with van der Waals surface area (Å²) in [7, 11) is 1.41. The molecule has 0 saturated carbocycles. The van der Waals surface area contributed by atoms with Crippen LogP contribution in [0.4, 0.5) is 4.39 Å². The second-order valence-electron chi connectivity index (χ2n) is 9.67. The Labute approximate surface area is 206 Å². The molecule has 1 fully saturated rings. The lowest BCUT2D eigenvalue weighted by atomic mass is 9.95. The summed E-state index contributed by atoms with van der Waals surface area (Å²) in [5.74, 6) is 0.110. The average molecular weight is 483 g/mol. The van der Waals surface area contributed by atoms with Gasteiger partial charge < -0.3 is 14.4 Å². The summed E-state index contributed by atoms with van der Waals surface area (Å²) in [5, 5.41) is 9.60. The van der Waals surface area contributed by atoms with Gasteiger partial charge in [-0.05, 0) is 51.6 Å². The summed E-state index contributed by atoms with van der Waals surface area (Å²) in [6.07, 6.45) is 10.7. The van der Waals surface area contributed by atoms with E-state index in [-0.39, 0.29) is 5.88 Å². The topological polar surface area (TPSA) is 70.2 Å². The van der Waals surface area contributed by atoms with E-state index in [2.05, 4.69) is 39.7 Å². The number of methoxy groups -OCH3 is 1. The SMILES string of the molecule is CCC(C)N1CCC(Cn2cc(-c3nn(-c4cnc(OC)c(F)c4)c4c3CCOCC4)cn2)CC1. The van der Waals surface area contributed by atoms with Gasteiger partial charge in [-0.2, -0.15) is 10.2 Å². The number of piperidine rings is 1. The Bertz CT molecular complexity index is 1150. The summed E-state index contributed by atoms with van der Waals surface area (Å²) in [5.41, 5.74) is 4.63. The molecule has 2 aliphatic heterocycles. The Balaban J connectivity index is 1.38. The van der Waals surface area contributed by atoms with Gasteiger partial charge in [-0.15, -0.1) is 0 Å². The number of hydrogen-bond donors (Lipinski definition) is 0. The zero-order chi connectivity index (χ0) is 24.4. The van der Waals surface area contributed by atoms with Crippen molar-refractivity contribution in [3.8, 4) is 22.8 Å². The molecule has 0 aliphatic carbocycles. The van der Waals surface area contributed by atoms with Gasteiger partial charge >= 0.3 is 0 Å². The van der Waals surface area contributed by atoms with Crippen LogP contribution in [-0.2, 0) is 24.1 Å². The maximum Gasteiger partial charge on any atom is 0.250 e. The molecule has 3 aromatic heterocycles. The first-order valence-electron chi connectivity index (χ1n) is 12.7. The van der Waals surface area contributed by atoms with Crippen molar-refractivity contribution in [1.82, 2.24) is 29.4 Å². The minimum absolute atomic E-state index is 0.0215. The van der Waals surface area contributed by atoms with Crippen LogP contribution in [0.25, 0.3) is 16.9 Å². The Morgan fingerprint density at radius 2 is 2.00 bits per heavy atom. The summed E-state index contributed by atoms with van der Waals surface area (Å²) in [6, 6.07) is 2.08. The maximum absolute atomic E-state index is 14.4. The molecule has 0 amide bonds. The minimum Gasteiger partial charge on any atom is -0.479 e. The predicted octanol–water partition coefficient (Wildman–Crippen LogP) is 3.90. The molecule has 0 spiro atoms. The van der Waals surface area contributed by atoms with Crippen molar-refractivity contribution in [3.05, 3.63) is 41.7 Å². The van der Waals surface area contributed by atoms with Crippen molar-refractivity contribution in [2.24, 2.45) is 5.92 Å². The average Bonchev–Trinajstić information content (AvgIpc) is 3.40. The highest BCUT2D eigenvalue weighted by Gasteiger charge is 2.25. The highest BCUT2D eigenvalue weighted by atomic mass is 19.1. The van der Waals surface area contributed by atoms with Gasteiger partial charge in [0.1, 0.15) is 0 Å². The molecule has 3 aromatic rings. The third kappa shape index (κ3) is 4.97. The number of aromatic nitrogens is 5. The van der Waals surface area contributed by atoms with Crippen LogP contribution >= 0.6 is 0 Å². The lowest BCUT2D eigenvalue weighted by Crippen LogP contribution is -2.40. The van der Waals surface area contributed by atoms with Crippen LogP contribution in [-0.4, -0.2) is 68.9 Å². The normalized spacial score (nSPS) is 18.3. The number of rotatable bonds is 7. The second-order valence-corrected chi connectivity index (χ2v) is 9.67. The third-order valence-electron chi connectivity index (χ3n) is 7.52. The fourth-order valence-electron chi connectivity index (χ4n) is 5.26. The number of pyridine rings is 1. The summed E-state index contributed by atoms with van der Waals surface area (Å²) < 4.78 is 29.0. The second kappa shape index (κ2) is 10.5. The number of ether oxygens (including phenoxy) is 2. The summed E-state index contributed by atoms with van der Waals surface area (Å²) >= 11 is 0. The molecule has 1 atom stereocenters. The van der Waals surface area contributed by atoms with Crippen LogP contribution in [0.3, 0.4) is 0 Å². The van der Waals surface area contributed by atoms with E-state index in [9.17, 15) is 4.39 Å². The third-order valence-corrected chi connectivity index (χ3v) is 7.52. The molecular weight excluding hydrogens is 447 g/mol. The minimum atomic E-state index is -0.507. The van der Waals surface area contributed by atoms with E-state index in [0.717, 1.165) is 48.6 Å². The van der Waals surface area contributed by atoms with Crippen molar-refractivity contribution in [1.29, 1.82) is 0 Å². The molecule has 0 aromatic carbocycles. The van der Waals surface area contributed by atoms with Gasteiger partial charge in [0.2, 0.25) is 5.88 Å². The molecule has 188 valence electrons. The molecule has 0 radical (unpaired) electrons. The number of likely N-dealkylation sites (tertiary alicyclic amines) is 1. The van der Waals surface area contributed by atoms with Crippen molar-refractivity contribution in [2.45, 2.75) is 58.5 Å². The monoisotopic (exact) mass is 482 g/mol. The molecular formula is C26H35FN6O2. The largest absolute Gasteiger partial charge is 0.479 e. The van der Waals surface area contributed by atoms with Gasteiger partial charge in [0, 0.05) is 42.4 Å². The van der Waals surface area contributed by atoms with Crippen LogP contribution < -0.4 is 4.74 Å². The zero-order valence-corrected chi connectivity index (χ0v) is 20.9. The van der Waals surface area contributed by atoms with Crippen LogP contribution in [0.2, 0.25) is 0 Å². The molecule has 5 rings (SSSR count). The van der Waals surface area contributed by atoms with E-state index in [1.165, 1.54) is 32.4 Å². The van der Waals surface area contributed by atoms with Gasteiger partial charge in [0.05, 0.1) is 49.8 Å². The standard InChI is InChI=1S/C26H35FN6O2/c1-4-18(2)31-9-5-19(6-10-31)16-32-17-20(14-29-32)25-22-7-11-35-12-8-24(22)33(30-25)21-13-23(27)26(34-3)28-15-21/h13-15,17-19H,4-12,16H2,1-3H3. The molecule has 0 bridgehead atoms. The van der Waals surface area contributed by atoms with Gasteiger partial charge in [-0.25, -0.2) is 14.1 Å². The van der Waals surface area contributed by atoms with Gasteiger partial charge in [-0.1, -0.05) is 6.92 Å². The van der Waals surface area contributed by atoms with E-state index < -0.39 is 5.82 Å². The molecule has 1 saturated heterocycles. The lowest BCUT2D eigenvalue weighted by Gasteiger charge is -2.35. The van der Waals surface area contributed by atoms with Crippen molar-refractivity contribution in [2.75, 3.05) is 33.4 Å². The Morgan fingerprint density at radius 1 is 1.20 bits per heavy atom. The van der Waals surface area contributed by atoms with E-state index in [1.807, 2.05) is 6.20 Å². The van der Waals surface area contributed by atoms with Crippen molar-refractivity contribution in [3.63, 3.8) is 0 Å². The van der Waals surface area contributed by atoms with Crippen molar-refractivity contribution < 1.29 is 13.9 Å². The van der Waals surface area contributed by atoms with Crippen LogP contribution in [0.15, 0.2) is 24.7 Å². The molecule has 0 N–H and O–H groups in total. The molecule has 5 heterocycles. The van der Waals surface area contributed by atoms with Crippen LogP contribution in [0.5, 0.6) is 5.88 Å². The highest BCUT2D eigenvalue weighted by Crippen LogP contribution is 2.31. The lowest BCUT2D eigenvalue weighted by molar-refractivity contribution is 0.129. The fourth-order valence-corrected chi connectivity index (χ4v) is 5.26.